The Morgan fingerprint density at radius 3 is 2.47 bits per heavy atom. The summed E-state index contributed by atoms with van der Waals surface area (Å²) in [5.41, 5.74) is 11.3. The van der Waals surface area contributed by atoms with Crippen molar-refractivity contribution < 1.29 is 23.9 Å². The molecule has 0 saturated heterocycles. The van der Waals surface area contributed by atoms with E-state index in [4.69, 9.17) is 32.5 Å². The van der Waals surface area contributed by atoms with Crippen molar-refractivity contribution in [2.75, 3.05) is 12.4 Å². The number of nitrogens with zero attached hydrogens (tertiary/aromatic N) is 1. The number of hydrogen-bond donors (Lipinski definition) is 4. The van der Waals surface area contributed by atoms with Gasteiger partial charge in [0.1, 0.15) is 17.2 Å². The summed E-state index contributed by atoms with van der Waals surface area (Å²) in [5, 5.41) is 4.93. The molecule has 5 amide bonds. The molecule has 1 heterocycles. The second kappa shape index (κ2) is 8.53. The van der Waals surface area contributed by atoms with Crippen LogP contribution in [0.5, 0.6) is 17.2 Å². The average Bonchev–Trinajstić information content (AvgIpc) is 2.68. The van der Waals surface area contributed by atoms with E-state index in [0.29, 0.717) is 28.2 Å². The number of halogens is 1. The Bertz CT molecular complexity index is 1170. The summed E-state index contributed by atoms with van der Waals surface area (Å²) in [6, 6.07) is 7.40. The van der Waals surface area contributed by atoms with E-state index in [0.717, 1.165) is 0 Å². The summed E-state index contributed by atoms with van der Waals surface area (Å²) in [7, 11) is 1.43. The summed E-state index contributed by atoms with van der Waals surface area (Å²) in [4.78, 5) is 38.3. The smallest absolute Gasteiger partial charge is 0.327 e. The Morgan fingerprint density at radius 2 is 1.83 bits per heavy atom. The van der Waals surface area contributed by atoms with Crippen LogP contribution in [-0.2, 0) is 0 Å². The number of fused-ring (bicyclic) bond motifs is 1. The SMILES string of the molecule is COc1cc2nccc(Oc3ccc(NC(=O)NC(N)=O)c(Cl)c3)c2cc1C(N)=O. The van der Waals surface area contributed by atoms with Crippen LogP contribution in [0.2, 0.25) is 5.02 Å². The van der Waals surface area contributed by atoms with Crippen LogP contribution in [0.25, 0.3) is 10.9 Å². The van der Waals surface area contributed by atoms with E-state index in [1.807, 2.05) is 5.32 Å². The van der Waals surface area contributed by atoms with Crippen LogP contribution in [0.4, 0.5) is 15.3 Å². The minimum absolute atomic E-state index is 0.157. The molecule has 3 rings (SSSR count). The summed E-state index contributed by atoms with van der Waals surface area (Å²) < 4.78 is 11.1. The van der Waals surface area contributed by atoms with Crippen LogP contribution in [0.3, 0.4) is 0 Å². The number of carbonyl (C=O) groups excluding carboxylic acids is 3. The zero-order valence-corrected chi connectivity index (χ0v) is 16.3. The van der Waals surface area contributed by atoms with Gasteiger partial charge in [0.25, 0.3) is 5.91 Å². The van der Waals surface area contributed by atoms with Gasteiger partial charge in [0.05, 0.1) is 28.9 Å². The summed E-state index contributed by atoms with van der Waals surface area (Å²) in [6.45, 7) is 0. The molecule has 2 aromatic carbocycles. The monoisotopic (exact) mass is 429 g/mol. The van der Waals surface area contributed by atoms with Gasteiger partial charge in [0.2, 0.25) is 0 Å². The summed E-state index contributed by atoms with van der Waals surface area (Å²) in [5.74, 6) is 0.391. The van der Waals surface area contributed by atoms with Crippen LogP contribution in [0.1, 0.15) is 10.4 Å². The lowest BCUT2D eigenvalue weighted by Gasteiger charge is -2.13. The van der Waals surface area contributed by atoms with E-state index >= 15 is 0 Å². The predicted octanol–water partition coefficient (Wildman–Crippen LogP) is 2.99. The van der Waals surface area contributed by atoms with Crippen LogP contribution >= 0.6 is 11.6 Å². The fourth-order valence-corrected chi connectivity index (χ4v) is 2.87. The highest BCUT2D eigenvalue weighted by Gasteiger charge is 2.15. The molecule has 6 N–H and O–H groups in total. The molecule has 0 radical (unpaired) electrons. The van der Waals surface area contributed by atoms with Crippen LogP contribution in [0.15, 0.2) is 42.6 Å². The van der Waals surface area contributed by atoms with Gasteiger partial charge in [-0.3, -0.25) is 15.1 Å². The van der Waals surface area contributed by atoms with Crippen molar-refractivity contribution in [3.63, 3.8) is 0 Å². The molecule has 0 atom stereocenters. The molecule has 11 heteroatoms. The number of nitrogens with one attached hydrogen (secondary N) is 2. The van der Waals surface area contributed by atoms with E-state index in [1.54, 1.807) is 18.2 Å². The second-order valence-electron chi connectivity index (χ2n) is 5.93. The zero-order chi connectivity index (χ0) is 21.8. The largest absolute Gasteiger partial charge is 0.496 e. The molecule has 154 valence electrons. The first-order valence-electron chi connectivity index (χ1n) is 8.40. The maximum atomic E-state index is 11.7. The van der Waals surface area contributed by atoms with Crippen LogP contribution in [0, 0.1) is 0 Å². The molecule has 1 aromatic heterocycles. The molecule has 0 fully saturated rings. The van der Waals surface area contributed by atoms with Crippen LogP contribution in [-0.4, -0.2) is 30.1 Å². The van der Waals surface area contributed by atoms with E-state index in [9.17, 15) is 14.4 Å². The van der Waals surface area contributed by atoms with Gasteiger partial charge in [0, 0.05) is 23.7 Å². The molecular formula is C19H16ClN5O5. The van der Waals surface area contributed by atoms with Crippen molar-refractivity contribution in [1.29, 1.82) is 0 Å². The van der Waals surface area contributed by atoms with Crippen molar-refractivity contribution >= 4 is 46.2 Å². The van der Waals surface area contributed by atoms with Gasteiger partial charge >= 0.3 is 12.1 Å². The highest BCUT2D eigenvalue weighted by atomic mass is 35.5. The van der Waals surface area contributed by atoms with Crippen molar-refractivity contribution in [2.45, 2.75) is 0 Å². The number of primary amides is 2. The van der Waals surface area contributed by atoms with Gasteiger partial charge in [-0.1, -0.05) is 11.6 Å². The highest BCUT2D eigenvalue weighted by molar-refractivity contribution is 6.33. The molecule has 30 heavy (non-hydrogen) atoms. The number of rotatable bonds is 5. The Balaban J connectivity index is 1.91. The lowest BCUT2D eigenvalue weighted by Crippen LogP contribution is -2.38. The van der Waals surface area contributed by atoms with Crippen molar-refractivity contribution in [3.8, 4) is 17.2 Å². The number of urea groups is 2. The Morgan fingerprint density at radius 1 is 1.07 bits per heavy atom. The number of ether oxygens (including phenoxy) is 2. The second-order valence-corrected chi connectivity index (χ2v) is 6.34. The van der Waals surface area contributed by atoms with E-state index < -0.39 is 18.0 Å². The quantitative estimate of drug-likeness (QED) is 0.487. The summed E-state index contributed by atoms with van der Waals surface area (Å²) in [6.07, 6.45) is 1.53. The molecule has 0 bridgehead atoms. The Hall–Kier alpha value is -4.05. The third-order valence-electron chi connectivity index (χ3n) is 3.94. The molecule has 0 spiro atoms. The minimum Gasteiger partial charge on any atom is -0.496 e. The number of carbonyl (C=O) groups is 3. The van der Waals surface area contributed by atoms with Gasteiger partial charge in [-0.15, -0.1) is 0 Å². The fraction of sp³-hybridized carbons (Fsp3) is 0.0526. The molecule has 0 aliphatic carbocycles. The molecule has 0 aliphatic rings. The van der Waals surface area contributed by atoms with Crippen molar-refractivity contribution in [2.24, 2.45) is 11.5 Å². The Labute approximate surface area is 175 Å². The van der Waals surface area contributed by atoms with Gasteiger partial charge in [-0.2, -0.15) is 0 Å². The lowest BCUT2D eigenvalue weighted by atomic mass is 10.1. The van der Waals surface area contributed by atoms with Crippen LogP contribution < -0.4 is 31.6 Å². The number of hydrogen-bond acceptors (Lipinski definition) is 6. The molecule has 0 aliphatic heterocycles. The standard InChI is InChI=1S/C19H16ClN5O5/c1-29-16-8-14-10(7-11(16)17(21)26)15(4-5-23-14)30-9-2-3-13(12(20)6-9)24-19(28)25-18(22)27/h2-8H,1H3,(H2,21,26)(H4,22,24,25,27,28). The molecule has 0 saturated carbocycles. The van der Waals surface area contributed by atoms with Crippen molar-refractivity contribution in [1.82, 2.24) is 10.3 Å². The number of pyridine rings is 1. The molecular weight excluding hydrogens is 414 g/mol. The minimum atomic E-state index is -1.000. The fourth-order valence-electron chi connectivity index (χ4n) is 2.65. The van der Waals surface area contributed by atoms with E-state index in [-0.39, 0.29) is 16.3 Å². The predicted molar refractivity (Wildman–Crippen MR) is 110 cm³/mol. The first-order valence-corrected chi connectivity index (χ1v) is 8.77. The number of amides is 5. The topological polar surface area (TPSA) is 159 Å². The Kier molecular flexibility index (Phi) is 5.88. The number of benzene rings is 2. The number of anilines is 1. The first kappa shape index (κ1) is 20.7. The normalized spacial score (nSPS) is 10.3. The van der Waals surface area contributed by atoms with Crippen molar-refractivity contribution in [3.05, 3.63) is 53.2 Å². The van der Waals surface area contributed by atoms with Gasteiger partial charge in [-0.25, -0.2) is 9.59 Å². The number of nitrogens with two attached hydrogens (primary N) is 2. The van der Waals surface area contributed by atoms with E-state index in [2.05, 4.69) is 10.3 Å². The molecule has 3 aromatic rings. The summed E-state index contributed by atoms with van der Waals surface area (Å²) >= 11 is 6.17. The maximum Gasteiger partial charge on any atom is 0.327 e. The average molecular weight is 430 g/mol. The zero-order valence-electron chi connectivity index (χ0n) is 15.6. The third-order valence-corrected chi connectivity index (χ3v) is 4.25. The lowest BCUT2D eigenvalue weighted by molar-refractivity contribution is 0.0997. The number of aromatic nitrogens is 1. The third kappa shape index (κ3) is 4.50. The van der Waals surface area contributed by atoms with Gasteiger partial charge in [-0.05, 0) is 24.3 Å². The maximum absolute atomic E-state index is 11.7. The first-order chi connectivity index (χ1) is 14.3. The number of imide groups is 1. The molecule has 0 unspecified atom stereocenters. The number of methoxy groups -OCH3 is 1. The highest BCUT2D eigenvalue weighted by Crippen LogP contribution is 2.35. The van der Waals surface area contributed by atoms with E-state index in [1.165, 1.54) is 31.5 Å². The van der Waals surface area contributed by atoms with Gasteiger partial charge < -0.3 is 26.3 Å². The molecule has 10 nitrogen and oxygen atoms in total. The van der Waals surface area contributed by atoms with Gasteiger partial charge in [0.15, 0.2) is 0 Å².